The van der Waals surface area contributed by atoms with Crippen LogP contribution in [0.15, 0.2) is 4.99 Å². The van der Waals surface area contributed by atoms with Gasteiger partial charge in [-0.3, -0.25) is 4.99 Å². The van der Waals surface area contributed by atoms with Gasteiger partial charge in [0.2, 0.25) is 0 Å². The van der Waals surface area contributed by atoms with E-state index < -0.39 is 0 Å². The highest BCUT2D eigenvalue weighted by Gasteiger charge is 2.20. The van der Waals surface area contributed by atoms with Gasteiger partial charge >= 0.3 is 0 Å². The lowest BCUT2D eigenvalue weighted by atomic mass is 10.1. The van der Waals surface area contributed by atoms with E-state index in [1.54, 1.807) is 0 Å². The van der Waals surface area contributed by atoms with Crippen LogP contribution in [0.2, 0.25) is 0 Å². The van der Waals surface area contributed by atoms with E-state index in [4.69, 9.17) is 5.73 Å². The van der Waals surface area contributed by atoms with Gasteiger partial charge in [-0.1, -0.05) is 6.92 Å². The lowest BCUT2D eigenvalue weighted by molar-refractivity contribution is 0.343. The monoisotopic (exact) mass is 212 g/mol. The maximum atomic E-state index is 5.75. The molecule has 0 bridgehead atoms. The van der Waals surface area contributed by atoms with Crippen LogP contribution < -0.4 is 11.1 Å². The number of hydrogen-bond acceptors (Lipinski definition) is 2. The van der Waals surface area contributed by atoms with Crippen molar-refractivity contribution in [2.45, 2.75) is 33.2 Å². The molecule has 0 aromatic rings. The van der Waals surface area contributed by atoms with Crippen LogP contribution in [-0.4, -0.2) is 43.1 Å². The van der Waals surface area contributed by atoms with E-state index in [1.807, 2.05) is 0 Å². The molecule has 0 saturated carbocycles. The molecular formula is C11H24N4. The molecule has 1 aliphatic heterocycles. The first-order chi connectivity index (χ1) is 7.11. The predicted octanol–water partition coefficient (Wildman–Crippen LogP) is 0.641. The second kappa shape index (κ2) is 5.95. The van der Waals surface area contributed by atoms with Gasteiger partial charge in [0.15, 0.2) is 5.96 Å². The van der Waals surface area contributed by atoms with Crippen molar-refractivity contribution in [1.82, 2.24) is 10.2 Å². The minimum Gasteiger partial charge on any atom is -0.370 e. The van der Waals surface area contributed by atoms with Crippen LogP contribution in [0, 0.1) is 5.92 Å². The fourth-order valence-electron chi connectivity index (χ4n) is 1.92. The van der Waals surface area contributed by atoms with E-state index in [9.17, 15) is 0 Å². The molecule has 0 radical (unpaired) electrons. The third-order valence-corrected chi connectivity index (χ3v) is 2.77. The summed E-state index contributed by atoms with van der Waals surface area (Å²) in [6.45, 7) is 10.7. The number of nitrogens with zero attached hydrogens (tertiary/aromatic N) is 2. The normalized spacial score (nSPS) is 23.7. The summed E-state index contributed by atoms with van der Waals surface area (Å²) in [5, 5.41) is 3.11. The van der Waals surface area contributed by atoms with Crippen molar-refractivity contribution in [1.29, 1.82) is 0 Å². The minimum atomic E-state index is 0.365. The largest absolute Gasteiger partial charge is 0.370 e. The highest BCUT2D eigenvalue weighted by atomic mass is 15.2. The highest BCUT2D eigenvalue weighted by molar-refractivity contribution is 5.78. The summed E-state index contributed by atoms with van der Waals surface area (Å²) in [6.07, 6.45) is 1.26. The molecule has 0 amide bonds. The number of nitrogens with one attached hydrogen (secondary N) is 1. The van der Waals surface area contributed by atoms with E-state index in [2.05, 4.69) is 36.0 Å². The SMILES string of the molecule is CCN1CCC(CN=C(N)NC(C)C)C1. The standard InChI is InChI=1S/C11H24N4/c1-4-15-6-5-10(8-15)7-13-11(12)14-9(2)3/h9-10H,4-8H2,1-3H3,(H3,12,13,14). The maximum absolute atomic E-state index is 5.75. The molecule has 0 aromatic carbocycles. The van der Waals surface area contributed by atoms with Gasteiger partial charge in [0, 0.05) is 19.1 Å². The first-order valence-corrected chi connectivity index (χ1v) is 5.90. The third-order valence-electron chi connectivity index (χ3n) is 2.77. The maximum Gasteiger partial charge on any atom is 0.188 e. The summed E-state index contributed by atoms with van der Waals surface area (Å²) < 4.78 is 0. The molecule has 3 N–H and O–H groups in total. The second-order valence-corrected chi connectivity index (χ2v) is 4.57. The Morgan fingerprint density at radius 3 is 2.87 bits per heavy atom. The zero-order valence-corrected chi connectivity index (χ0v) is 10.2. The quantitative estimate of drug-likeness (QED) is 0.531. The van der Waals surface area contributed by atoms with Crippen molar-refractivity contribution >= 4 is 5.96 Å². The Hall–Kier alpha value is -0.770. The van der Waals surface area contributed by atoms with Crippen molar-refractivity contribution in [3.63, 3.8) is 0 Å². The molecule has 15 heavy (non-hydrogen) atoms. The number of aliphatic imine (C=N–C) groups is 1. The van der Waals surface area contributed by atoms with Crippen LogP contribution in [0.1, 0.15) is 27.2 Å². The second-order valence-electron chi connectivity index (χ2n) is 4.57. The molecule has 0 aromatic heterocycles. The Morgan fingerprint density at radius 1 is 1.60 bits per heavy atom. The van der Waals surface area contributed by atoms with Crippen LogP contribution in [0.25, 0.3) is 0 Å². The van der Waals surface area contributed by atoms with Crippen LogP contribution in [0.5, 0.6) is 0 Å². The zero-order valence-electron chi connectivity index (χ0n) is 10.2. The van der Waals surface area contributed by atoms with Gasteiger partial charge in [-0.05, 0) is 39.3 Å². The van der Waals surface area contributed by atoms with E-state index in [1.165, 1.54) is 19.5 Å². The van der Waals surface area contributed by atoms with Gasteiger partial charge in [-0.25, -0.2) is 0 Å². The Kier molecular flexibility index (Phi) is 4.88. The van der Waals surface area contributed by atoms with Gasteiger partial charge in [-0.2, -0.15) is 0 Å². The van der Waals surface area contributed by atoms with Crippen LogP contribution in [-0.2, 0) is 0 Å². The lowest BCUT2D eigenvalue weighted by Gasteiger charge is -2.12. The van der Waals surface area contributed by atoms with Crippen molar-refractivity contribution in [2.75, 3.05) is 26.2 Å². The first kappa shape index (κ1) is 12.3. The molecule has 1 fully saturated rings. The molecule has 0 aliphatic carbocycles. The average molecular weight is 212 g/mol. The number of likely N-dealkylation sites (tertiary alicyclic amines) is 1. The molecule has 1 unspecified atom stereocenters. The summed E-state index contributed by atoms with van der Waals surface area (Å²) in [5.74, 6) is 1.28. The van der Waals surface area contributed by atoms with Gasteiger partial charge in [0.1, 0.15) is 0 Å². The van der Waals surface area contributed by atoms with Crippen LogP contribution >= 0.6 is 0 Å². The summed E-state index contributed by atoms with van der Waals surface area (Å²) in [5.41, 5.74) is 5.75. The minimum absolute atomic E-state index is 0.365. The fourth-order valence-corrected chi connectivity index (χ4v) is 1.92. The van der Waals surface area contributed by atoms with Gasteiger partial charge in [0.05, 0.1) is 0 Å². The average Bonchev–Trinajstić information content (AvgIpc) is 2.61. The zero-order chi connectivity index (χ0) is 11.3. The van der Waals surface area contributed by atoms with E-state index in [0.29, 0.717) is 17.9 Å². The van der Waals surface area contributed by atoms with E-state index in [0.717, 1.165) is 13.1 Å². The number of rotatable bonds is 4. The van der Waals surface area contributed by atoms with Crippen molar-refractivity contribution in [2.24, 2.45) is 16.6 Å². The predicted molar refractivity (Wildman–Crippen MR) is 65.0 cm³/mol. The smallest absolute Gasteiger partial charge is 0.188 e. The molecule has 1 atom stereocenters. The molecular weight excluding hydrogens is 188 g/mol. The van der Waals surface area contributed by atoms with Gasteiger partial charge in [0.25, 0.3) is 0 Å². The summed E-state index contributed by atoms with van der Waals surface area (Å²) in [4.78, 5) is 6.84. The van der Waals surface area contributed by atoms with Gasteiger partial charge in [-0.15, -0.1) is 0 Å². The first-order valence-electron chi connectivity index (χ1n) is 5.90. The molecule has 1 aliphatic rings. The molecule has 4 heteroatoms. The molecule has 1 saturated heterocycles. The Labute approximate surface area is 92.9 Å². The lowest BCUT2D eigenvalue weighted by Crippen LogP contribution is -2.37. The van der Waals surface area contributed by atoms with Crippen molar-refractivity contribution in [3.05, 3.63) is 0 Å². The van der Waals surface area contributed by atoms with E-state index in [-0.39, 0.29) is 0 Å². The summed E-state index contributed by atoms with van der Waals surface area (Å²) in [6, 6.07) is 0.365. The molecule has 88 valence electrons. The molecule has 0 spiro atoms. The van der Waals surface area contributed by atoms with Crippen molar-refractivity contribution < 1.29 is 0 Å². The highest BCUT2D eigenvalue weighted by Crippen LogP contribution is 2.15. The number of hydrogen-bond donors (Lipinski definition) is 2. The third kappa shape index (κ3) is 4.51. The van der Waals surface area contributed by atoms with E-state index >= 15 is 0 Å². The number of nitrogens with two attached hydrogens (primary N) is 1. The van der Waals surface area contributed by atoms with Crippen LogP contribution in [0.4, 0.5) is 0 Å². The topological polar surface area (TPSA) is 53.6 Å². The van der Waals surface area contributed by atoms with Crippen LogP contribution in [0.3, 0.4) is 0 Å². The summed E-state index contributed by atoms with van der Waals surface area (Å²) in [7, 11) is 0. The Morgan fingerprint density at radius 2 is 2.33 bits per heavy atom. The van der Waals surface area contributed by atoms with Crippen molar-refractivity contribution in [3.8, 4) is 0 Å². The molecule has 1 heterocycles. The number of guanidine groups is 1. The molecule has 1 rings (SSSR count). The van der Waals surface area contributed by atoms with Gasteiger partial charge < -0.3 is 16.0 Å². The Bertz CT molecular complexity index is 213. The summed E-state index contributed by atoms with van der Waals surface area (Å²) >= 11 is 0. The molecule has 4 nitrogen and oxygen atoms in total. The fraction of sp³-hybridized carbons (Fsp3) is 0.909. The Balaban J connectivity index is 2.25.